The molecule has 0 amide bonds. The van der Waals surface area contributed by atoms with Gasteiger partial charge in [-0.1, -0.05) is 51.1 Å². The lowest BCUT2D eigenvalue weighted by Gasteiger charge is -2.22. The van der Waals surface area contributed by atoms with Crippen LogP contribution in [0.15, 0.2) is 42.5 Å². The molecule has 0 heterocycles. The predicted molar refractivity (Wildman–Crippen MR) is 83.6 cm³/mol. The Balaban J connectivity index is 2.67. The molecule has 114 valence electrons. The fraction of sp³-hybridized carbons (Fsp3) is 0.222. The van der Waals surface area contributed by atoms with Crippen LogP contribution in [0.3, 0.4) is 0 Å². The van der Waals surface area contributed by atoms with Crippen molar-refractivity contribution in [1.29, 1.82) is 0 Å². The highest BCUT2D eigenvalue weighted by atomic mass is 16.4. The Labute approximate surface area is 129 Å². The molecule has 0 saturated heterocycles. The highest BCUT2D eigenvalue weighted by Crippen LogP contribution is 2.35. The van der Waals surface area contributed by atoms with Crippen molar-refractivity contribution in [1.82, 2.24) is 0 Å². The van der Waals surface area contributed by atoms with E-state index in [2.05, 4.69) is 0 Å². The molecule has 0 saturated carbocycles. The molecule has 0 aromatic heterocycles. The Morgan fingerprint density at radius 1 is 0.955 bits per heavy atom. The summed E-state index contributed by atoms with van der Waals surface area (Å²) in [6.45, 7) is 5.55. The van der Waals surface area contributed by atoms with Crippen LogP contribution in [0.4, 0.5) is 0 Å². The number of ketones is 1. The van der Waals surface area contributed by atoms with Gasteiger partial charge in [0, 0.05) is 11.1 Å². The second-order valence-electron chi connectivity index (χ2n) is 6.17. The first-order valence-corrected chi connectivity index (χ1v) is 6.92. The molecule has 0 aliphatic carbocycles. The number of carboxylic acid groups (broad SMARTS) is 1. The van der Waals surface area contributed by atoms with Crippen molar-refractivity contribution < 1.29 is 19.8 Å². The summed E-state index contributed by atoms with van der Waals surface area (Å²) in [6, 6.07) is 11.1. The van der Waals surface area contributed by atoms with E-state index in [1.165, 1.54) is 12.1 Å². The first-order valence-electron chi connectivity index (χ1n) is 6.92. The van der Waals surface area contributed by atoms with E-state index in [0.29, 0.717) is 11.1 Å². The van der Waals surface area contributed by atoms with Crippen LogP contribution in [-0.2, 0) is 5.41 Å². The summed E-state index contributed by atoms with van der Waals surface area (Å²) < 4.78 is 0. The van der Waals surface area contributed by atoms with Crippen molar-refractivity contribution in [2.75, 3.05) is 0 Å². The second kappa shape index (κ2) is 5.64. The third-order valence-electron chi connectivity index (χ3n) is 3.45. The average molecular weight is 298 g/mol. The van der Waals surface area contributed by atoms with Crippen molar-refractivity contribution in [3.63, 3.8) is 0 Å². The molecular weight excluding hydrogens is 280 g/mol. The molecule has 2 aromatic carbocycles. The Morgan fingerprint density at radius 2 is 1.55 bits per heavy atom. The number of carboxylic acids is 1. The zero-order valence-corrected chi connectivity index (χ0v) is 12.8. The van der Waals surface area contributed by atoms with Crippen LogP contribution in [-0.4, -0.2) is 22.0 Å². The van der Waals surface area contributed by atoms with Crippen LogP contribution in [0.1, 0.15) is 52.6 Å². The monoisotopic (exact) mass is 298 g/mol. The van der Waals surface area contributed by atoms with E-state index in [0.717, 1.165) is 0 Å². The number of aromatic hydroxyl groups is 1. The number of carbonyl (C=O) groups excluding carboxylic acids is 1. The maximum Gasteiger partial charge on any atom is 0.335 e. The summed E-state index contributed by atoms with van der Waals surface area (Å²) >= 11 is 0. The van der Waals surface area contributed by atoms with Gasteiger partial charge in [0.15, 0.2) is 5.78 Å². The quantitative estimate of drug-likeness (QED) is 0.849. The smallest absolute Gasteiger partial charge is 0.335 e. The van der Waals surface area contributed by atoms with E-state index < -0.39 is 17.2 Å². The number of benzene rings is 2. The van der Waals surface area contributed by atoms with Gasteiger partial charge in [-0.25, -0.2) is 4.79 Å². The minimum absolute atomic E-state index is 0.0102. The van der Waals surface area contributed by atoms with Crippen LogP contribution in [0.25, 0.3) is 0 Å². The van der Waals surface area contributed by atoms with Crippen molar-refractivity contribution in [2.45, 2.75) is 26.2 Å². The summed E-state index contributed by atoms with van der Waals surface area (Å²) in [7, 11) is 0. The zero-order valence-electron chi connectivity index (χ0n) is 12.8. The molecule has 0 aliphatic rings. The first-order chi connectivity index (χ1) is 10.2. The molecule has 2 rings (SSSR count). The molecular formula is C18H18O4. The van der Waals surface area contributed by atoms with Gasteiger partial charge in [0.25, 0.3) is 0 Å². The minimum atomic E-state index is -1.13. The number of aromatic carboxylic acids is 1. The maximum atomic E-state index is 12.6. The van der Waals surface area contributed by atoms with Gasteiger partial charge in [-0.2, -0.15) is 0 Å². The number of phenols is 1. The number of hydrogen-bond donors (Lipinski definition) is 2. The van der Waals surface area contributed by atoms with Crippen LogP contribution in [0.2, 0.25) is 0 Å². The summed E-state index contributed by atoms with van der Waals surface area (Å²) in [5.74, 6) is -1.69. The molecule has 0 fully saturated rings. The third kappa shape index (κ3) is 3.01. The number of hydrogen-bond acceptors (Lipinski definition) is 3. The molecule has 0 radical (unpaired) electrons. The highest BCUT2D eigenvalue weighted by Gasteiger charge is 2.25. The van der Waals surface area contributed by atoms with Gasteiger partial charge >= 0.3 is 5.97 Å². The standard InChI is InChI=1S/C18H18O4/c1-18(2,3)14-10-12(17(21)22)9-13(16(14)20)15(19)11-7-5-4-6-8-11/h4-10,20H,1-3H3,(H,21,22). The SMILES string of the molecule is CC(C)(C)c1cc(C(=O)O)cc(C(=O)c2ccccc2)c1O. The molecule has 4 nitrogen and oxygen atoms in total. The van der Waals surface area contributed by atoms with E-state index in [1.807, 2.05) is 20.8 Å². The largest absolute Gasteiger partial charge is 0.507 e. The topological polar surface area (TPSA) is 74.6 Å². The Bertz CT molecular complexity index is 725. The van der Waals surface area contributed by atoms with Gasteiger partial charge in [-0.15, -0.1) is 0 Å². The van der Waals surface area contributed by atoms with E-state index in [1.54, 1.807) is 30.3 Å². The van der Waals surface area contributed by atoms with Gasteiger partial charge in [0.2, 0.25) is 0 Å². The summed E-state index contributed by atoms with van der Waals surface area (Å²) in [5, 5.41) is 19.7. The van der Waals surface area contributed by atoms with Crippen molar-refractivity contribution in [3.8, 4) is 5.75 Å². The highest BCUT2D eigenvalue weighted by molar-refractivity contribution is 6.12. The van der Waals surface area contributed by atoms with Gasteiger partial charge in [-0.05, 0) is 17.5 Å². The normalized spacial score (nSPS) is 11.2. The molecule has 0 spiro atoms. The van der Waals surface area contributed by atoms with E-state index >= 15 is 0 Å². The summed E-state index contributed by atoms with van der Waals surface area (Å²) in [5.41, 5.74) is 0.353. The molecule has 2 aromatic rings. The third-order valence-corrected chi connectivity index (χ3v) is 3.45. The molecule has 4 heteroatoms. The average Bonchev–Trinajstić information content (AvgIpc) is 2.46. The van der Waals surface area contributed by atoms with Crippen LogP contribution >= 0.6 is 0 Å². The summed E-state index contributed by atoms with van der Waals surface area (Å²) in [4.78, 5) is 23.9. The van der Waals surface area contributed by atoms with Gasteiger partial charge < -0.3 is 10.2 Å². The summed E-state index contributed by atoms with van der Waals surface area (Å²) in [6.07, 6.45) is 0. The molecule has 0 aliphatic heterocycles. The zero-order chi connectivity index (χ0) is 16.5. The molecule has 0 unspecified atom stereocenters. The fourth-order valence-electron chi connectivity index (χ4n) is 2.25. The lowest BCUT2D eigenvalue weighted by atomic mass is 9.83. The van der Waals surface area contributed by atoms with E-state index in [9.17, 15) is 19.8 Å². The van der Waals surface area contributed by atoms with Crippen molar-refractivity contribution in [2.24, 2.45) is 0 Å². The second-order valence-corrected chi connectivity index (χ2v) is 6.17. The van der Waals surface area contributed by atoms with Crippen LogP contribution < -0.4 is 0 Å². The number of carbonyl (C=O) groups is 2. The van der Waals surface area contributed by atoms with Gasteiger partial charge in [0.1, 0.15) is 5.75 Å². The lowest BCUT2D eigenvalue weighted by Crippen LogP contribution is -2.15. The molecule has 2 N–H and O–H groups in total. The fourth-order valence-corrected chi connectivity index (χ4v) is 2.25. The number of phenolic OH excluding ortho intramolecular Hbond substituents is 1. The predicted octanol–water partition coefficient (Wildman–Crippen LogP) is 3.62. The van der Waals surface area contributed by atoms with Gasteiger partial charge in [0.05, 0.1) is 11.1 Å². The number of rotatable bonds is 3. The van der Waals surface area contributed by atoms with Crippen molar-refractivity contribution >= 4 is 11.8 Å². The first kappa shape index (κ1) is 15.8. The van der Waals surface area contributed by atoms with E-state index in [-0.39, 0.29) is 16.9 Å². The van der Waals surface area contributed by atoms with Crippen molar-refractivity contribution in [3.05, 3.63) is 64.7 Å². The molecule has 22 heavy (non-hydrogen) atoms. The lowest BCUT2D eigenvalue weighted by molar-refractivity contribution is 0.0696. The van der Waals surface area contributed by atoms with Gasteiger partial charge in [-0.3, -0.25) is 4.79 Å². The van der Waals surface area contributed by atoms with Crippen LogP contribution in [0.5, 0.6) is 5.75 Å². The Hall–Kier alpha value is -2.62. The Kier molecular flexibility index (Phi) is 4.04. The molecule has 0 atom stereocenters. The molecule has 0 bridgehead atoms. The minimum Gasteiger partial charge on any atom is -0.507 e. The van der Waals surface area contributed by atoms with Crippen LogP contribution in [0, 0.1) is 0 Å². The maximum absolute atomic E-state index is 12.6. The van der Waals surface area contributed by atoms with E-state index in [4.69, 9.17) is 0 Å². The Morgan fingerprint density at radius 3 is 2.05 bits per heavy atom.